The van der Waals surface area contributed by atoms with E-state index in [2.05, 4.69) is 15.8 Å². The van der Waals surface area contributed by atoms with Gasteiger partial charge in [-0.25, -0.2) is 5.43 Å². The molecule has 0 aliphatic carbocycles. The monoisotopic (exact) mass is 367 g/mol. The summed E-state index contributed by atoms with van der Waals surface area (Å²) in [6, 6.07) is 18.1. The van der Waals surface area contributed by atoms with E-state index >= 15 is 0 Å². The van der Waals surface area contributed by atoms with E-state index in [0.29, 0.717) is 10.6 Å². The van der Waals surface area contributed by atoms with E-state index in [1.807, 2.05) is 42.5 Å². The fraction of sp³-hybridized carbons (Fsp3) is 0.100. The lowest BCUT2D eigenvalue weighted by atomic mass is 10.1. The lowest BCUT2D eigenvalue weighted by Gasteiger charge is -2.14. The second-order valence-corrected chi connectivity index (χ2v) is 6.30. The van der Waals surface area contributed by atoms with Gasteiger partial charge >= 0.3 is 0 Å². The molecule has 1 atom stereocenters. The van der Waals surface area contributed by atoms with E-state index in [9.17, 15) is 9.90 Å². The van der Waals surface area contributed by atoms with Crippen molar-refractivity contribution in [3.63, 3.8) is 0 Å². The number of halogens is 1. The van der Waals surface area contributed by atoms with E-state index in [1.165, 1.54) is 12.3 Å². The Morgan fingerprint density at radius 1 is 1.12 bits per heavy atom. The molecule has 0 radical (unpaired) electrons. The van der Waals surface area contributed by atoms with Crippen LogP contribution < -0.4 is 10.7 Å². The molecule has 3 aromatic rings. The number of hydrazone groups is 1. The molecule has 0 aliphatic heterocycles. The number of carbonyl (C=O) groups excluding carboxylic acids is 1. The van der Waals surface area contributed by atoms with E-state index in [4.69, 9.17) is 11.6 Å². The Morgan fingerprint density at radius 3 is 2.69 bits per heavy atom. The molecule has 0 saturated heterocycles. The van der Waals surface area contributed by atoms with Crippen LogP contribution in [0.3, 0.4) is 0 Å². The van der Waals surface area contributed by atoms with Gasteiger partial charge in [0.25, 0.3) is 5.91 Å². The van der Waals surface area contributed by atoms with Gasteiger partial charge in [-0.2, -0.15) is 5.10 Å². The Hall–Kier alpha value is -3.05. The number of benzene rings is 3. The fourth-order valence-electron chi connectivity index (χ4n) is 2.49. The van der Waals surface area contributed by atoms with Crippen LogP contribution in [-0.4, -0.2) is 23.3 Å². The normalized spacial score (nSPS) is 12.2. The molecule has 3 rings (SSSR count). The highest BCUT2D eigenvalue weighted by atomic mass is 35.5. The molecule has 0 heterocycles. The van der Waals surface area contributed by atoms with Crippen LogP contribution in [-0.2, 0) is 4.79 Å². The van der Waals surface area contributed by atoms with Gasteiger partial charge in [0.15, 0.2) is 0 Å². The van der Waals surface area contributed by atoms with Crippen molar-refractivity contribution in [1.82, 2.24) is 5.43 Å². The smallest absolute Gasteiger partial charge is 0.262 e. The lowest BCUT2D eigenvalue weighted by molar-refractivity contribution is -0.121. The van der Waals surface area contributed by atoms with Crippen molar-refractivity contribution in [1.29, 1.82) is 0 Å². The summed E-state index contributed by atoms with van der Waals surface area (Å²) >= 11 is 5.87. The summed E-state index contributed by atoms with van der Waals surface area (Å²) in [5, 5.41) is 19.4. The standard InChI is InChI=1S/C20H18ClN3O2/c1-13(23-18-8-6-14-4-2-3-5-15(14)11-18)20(26)24-22-12-16-10-17(21)7-9-19(16)25/h2-13,23,25H,1H3,(H,24,26)/b22-12-/t13-/m1/s1. The molecule has 3 aromatic carbocycles. The first kappa shape index (κ1) is 17.8. The van der Waals surface area contributed by atoms with Crippen LogP contribution in [0.25, 0.3) is 10.8 Å². The van der Waals surface area contributed by atoms with Crippen molar-refractivity contribution >= 4 is 40.2 Å². The Kier molecular flexibility index (Phi) is 5.39. The average Bonchev–Trinajstić information content (AvgIpc) is 2.64. The molecule has 0 unspecified atom stereocenters. The molecule has 0 aliphatic rings. The quantitative estimate of drug-likeness (QED) is 0.468. The molecule has 0 spiro atoms. The first-order valence-electron chi connectivity index (χ1n) is 8.10. The van der Waals surface area contributed by atoms with E-state index in [0.717, 1.165) is 16.5 Å². The van der Waals surface area contributed by atoms with Crippen molar-refractivity contribution in [3.05, 3.63) is 71.2 Å². The number of nitrogens with one attached hydrogen (secondary N) is 2. The Bertz CT molecular complexity index is 972. The molecule has 0 fully saturated rings. The van der Waals surface area contributed by atoms with Crippen LogP contribution >= 0.6 is 11.6 Å². The zero-order chi connectivity index (χ0) is 18.5. The second kappa shape index (κ2) is 7.89. The van der Waals surface area contributed by atoms with Crippen LogP contribution in [0.2, 0.25) is 5.02 Å². The minimum absolute atomic E-state index is 0.0368. The lowest BCUT2D eigenvalue weighted by Crippen LogP contribution is -2.34. The number of fused-ring (bicyclic) bond motifs is 1. The van der Waals surface area contributed by atoms with Crippen molar-refractivity contribution in [2.75, 3.05) is 5.32 Å². The van der Waals surface area contributed by atoms with Crippen LogP contribution in [0, 0.1) is 0 Å². The molecule has 1 amide bonds. The Morgan fingerprint density at radius 2 is 1.88 bits per heavy atom. The third kappa shape index (κ3) is 4.32. The van der Waals surface area contributed by atoms with Crippen molar-refractivity contribution in [2.24, 2.45) is 5.10 Å². The summed E-state index contributed by atoms with van der Waals surface area (Å²) in [6.45, 7) is 1.75. The van der Waals surface area contributed by atoms with E-state index in [1.54, 1.807) is 19.1 Å². The summed E-state index contributed by atoms with van der Waals surface area (Å²) < 4.78 is 0. The Labute approximate surface area is 156 Å². The summed E-state index contributed by atoms with van der Waals surface area (Å²) in [7, 11) is 0. The SMILES string of the molecule is C[C@@H](Nc1ccc2ccccc2c1)C(=O)N/N=C\c1cc(Cl)ccc1O. The number of nitrogens with zero attached hydrogens (tertiary/aromatic N) is 1. The number of anilines is 1. The molecule has 5 nitrogen and oxygen atoms in total. The first-order valence-corrected chi connectivity index (χ1v) is 8.47. The van der Waals surface area contributed by atoms with Gasteiger partial charge in [0, 0.05) is 16.3 Å². The predicted molar refractivity (Wildman–Crippen MR) is 106 cm³/mol. The van der Waals surface area contributed by atoms with Gasteiger partial charge in [0.1, 0.15) is 11.8 Å². The Balaban J connectivity index is 1.61. The summed E-state index contributed by atoms with van der Waals surface area (Å²) in [6.07, 6.45) is 1.35. The average molecular weight is 368 g/mol. The first-order chi connectivity index (χ1) is 12.5. The minimum atomic E-state index is -0.485. The van der Waals surface area contributed by atoms with Gasteiger partial charge in [-0.15, -0.1) is 0 Å². The highest BCUT2D eigenvalue weighted by Crippen LogP contribution is 2.20. The molecule has 132 valence electrons. The van der Waals surface area contributed by atoms with Crippen molar-refractivity contribution < 1.29 is 9.90 Å². The topological polar surface area (TPSA) is 73.7 Å². The third-order valence-corrected chi connectivity index (χ3v) is 4.13. The van der Waals surface area contributed by atoms with Gasteiger partial charge in [-0.05, 0) is 48.0 Å². The van der Waals surface area contributed by atoms with E-state index < -0.39 is 6.04 Å². The van der Waals surface area contributed by atoms with Crippen LogP contribution in [0.1, 0.15) is 12.5 Å². The molecule has 6 heteroatoms. The maximum Gasteiger partial charge on any atom is 0.262 e. The number of aromatic hydroxyl groups is 1. The number of rotatable bonds is 5. The zero-order valence-corrected chi connectivity index (χ0v) is 14.9. The number of phenols is 1. The largest absolute Gasteiger partial charge is 0.507 e. The number of amides is 1. The number of phenolic OH excluding ortho intramolecular Hbond substituents is 1. The second-order valence-electron chi connectivity index (χ2n) is 5.87. The molecule has 0 aromatic heterocycles. The molecule has 3 N–H and O–H groups in total. The van der Waals surface area contributed by atoms with E-state index in [-0.39, 0.29) is 11.7 Å². The summed E-state index contributed by atoms with van der Waals surface area (Å²) in [5.41, 5.74) is 3.72. The number of hydrogen-bond donors (Lipinski definition) is 3. The van der Waals surface area contributed by atoms with Crippen LogP contribution in [0.15, 0.2) is 65.8 Å². The van der Waals surface area contributed by atoms with Crippen molar-refractivity contribution in [3.8, 4) is 5.75 Å². The van der Waals surface area contributed by atoms with Crippen molar-refractivity contribution in [2.45, 2.75) is 13.0 Å². The van der Waals surface area contributed by atoms with Crippen LogP contribution in [0.4, 0.5) is 5.69 Å². The molecular weight excluding hydrogens is 350 g/mol. The number of carbonyl (C=O) groups is 1. The van der Waals surface area contributed by atoms with Gasteiger partial charge in [-0.1, -0.05) is 41.9 Å². The highest BCUT2D eigenvalue weighted by Gasteiger charge is 2.12. The van der Waals surface area contributed by atoms with Gasteiger partial charge in [0.2, 0.25) is 0 Å². The van der Waals surface area contributed by atoms with Gasteiger partial charge in [0.05, 0.1) is 6.21 Å². The molecule has 0 bridgehead atoms. The number of hydrogen-bond acceptors (Lipinski definition) is 4. The highest BCUT2D eigenvalue weighted by molar-refractivity contribution is 6.30. The molecule has 0 saturated carbocycles. The molecular formula is C20H18ClN3O2. The maximum atomic E-state index is 12.2. The van der Waals surface area contributed by atoms with Gasteiger partial charge in [-0.3, -0.25) is 4.79 Å². The summed E-state index contributed by atoms with van der Waals surface area (Å²) in [5.74, 6) is -0.259. The molecule has 26 heavy (non-hydrogen) atoms. The third-order valence-electron chi connectivity index (χ3n) is 3.89. The van der Waals surface area contributed by atoms with Gasteiger partial charge < -0.3 is 10.4 Å². The maximum absolute atomic E-state index is 12.2. The van der Waals surface area contributed by atoms with Crippen LogP contribution in [0.5, 0.6) is 5.75 Å². The minimum Gasteiger partial charge on any atom is -0.507 e. The fourth-order valence-corrected chi connectivity index (χ4v) is 2.67. The summed E-state index contributed by atoms with van der Waals surface area (Å²) in [4.78, 5) is 12.2. The predicted octanol–water partition coefficient (Wildman–Crippen LogP) is 4.15. The zero-order valence-electron chi connectivity index (χ0n) is 14.1.